The first-order chi connectivity index (χ1) is 9.99. The summed E-state index contributed by atoms with van der Waals surface area (Å²) >= 11 is 0. The lowest BCUT2D eigenvalue weighted by atomic mass is 10.1. The summed E-state index contributed by atoms with van der Waals surface area (Å²) in [6.07, 6.45) is 2.29. The van der Waals surface area contributed by atoms with Gasteiger partial charge in [-0.05, 0) is 39.2 Å². The molecule has 0 spiro atoms. The summed E-state index contributed by atoms with van der Waals surface area (Å²) in [5.41, 5.74) is 3.98. The third-order valence-corrected chi connectivity index (χ3v) is 3.53. The topological polar surface area (TPSA) is 39.1 Å². The van der Waals surface area contributed by atoms with Crippen molar-refractivity contribution in [3.8, 4) is 0 Å². The van der Waals surface area contributed by atoms with Crippen molar-refractivity contribution in [1.82, 2.24) is 15.1 Å². The van der Waals surface area contributed by atoms with Gasteiger partial charge in [0.15, 0.2) is 0 Å². The zero-order chi connectivity index (χ0) is 15.8. The fourth-order valence-electron chi connectivity index (χ4n) is 2.52. The molecule has 1 aromatic heterocycles. The Morgan fingerprint density at radius 3 is 2.38 bits per heavy atom. The van der Waals surface area contributed by atoms with Crippen LogP contribution in [0.2, 0.25) is 0 Å². The lowest BCUT2D eigenvalue weighted by Gasteiger charge is -2.11. The van der Waals surface area contributed by atoms with E-state index >= 15 is 0 Å². The van der Waals surface area contributed by atoms with Gasteiger partial charge in [-0.25, -0.2) is 0 Å². The normalized spacial score (nSPS) is 11.8. The van der Waals surface area contributed by atoms with Crippen molar-refractivity contribution < 1.29 is 4.74 Å². The van der Waals surface area contributed by atoms with Crippen LogP contribution >= 0.6 is 0 Å². The van der Waals surface area contributed by atoms with E-state index in [2.05, 4.69) is 51.5 Å². The number of aryl methyl sites for hydroxylation is 1. The molecule has 0 radical (unpaired) electrons. The first-order valence-electron chi connectivity index (χ1n) is 8.39. The summed E-state index contributed by atoms with van der Waals surface area (Å²) in [4.78, 5) is 0. The summed E-state index contributed by atoms with van der Waals surface area (Å²) in [5, 5.41) is 8.34. The van der Waals surface area contributed by atoms with E-state index in [1.807, 2.05) is 0 Å². The molecule has 0 saturated heterocycles. The van der Waals surface area contributed by atoms with Crippen LogP contribution in [0.25, 0.3) is 0 Å². The van der Waals surface area contributed by atoms with Gasteiger partial charge in [0, 0.05) is 17.8 Å². The van der Waals surface area contributed by atoms with E-state index in [1.54, 1.807) is 0 Å². The highest BCUT2D eigenvalue weighted by atomic mass is 16.5. The highest BCUT2D eigenvalue weighted by Crippen LogP contribution is 2.16. The molecule has 122 valence electrons. The minimum Gasteiger partial charge on any atom is -0.377 e. The molecular weight excluding hydrogens is 262 g/mol. The first-order valence-corrected chi connectivity index (χ1v) is 8.39. The minimum atomic E-state index is 0.281. The van der Waals surface area contributed by atoms with Gasteiger partial charge < -0.3 is 10.1 Å². The maximum absolute atomic E-state index is 5.66. The largest absolute Gasteiger partial charge is 0.377 e. The molecule has 0 amide bonds. The van der Waals surface area contributed by atoms with Gasteiger partial charge in [0.25, 0.3) is 0 Å². The van der Waals surface area contributed by atoms with E-state index in [9.17, 15) is 0 Å². The molecule has 0 aliphatic rings. The van der Waals surface area contributed by atoms with Crippen molar-refractivity contribution in [2.45, 2.75) is 73.6 Å². The number of nitrogens with one attached hydrogen (secondary N) is 1. The Bertz CT molecular complexity index is 410. The van der Waals surface area contributed by atoms with E-state index in [-0.39, 0.29) is 6.10 Å². The summed E-state index contributed by atoms with van der Waals surface area (Å²) in [5.74, 6) is 0.676. The molecule has 0 bridgehead atoms. The molecule has 4 heteroatoms. The Morgan fingerprint density at radius 2 is 1.86 bits per heavy atom. The smallest absolute Gasteiger partial charge is 0.0669 e. The molecule has 0 saturated carbocycles. The Kier molecular flexibility index (Phi) is 7.97. The van der Waals surface area contributed by atoms with Crippen LogP contribution in [0.1, 0.15) is 58.5 Å². The van der Waals surface area contributed by atoms with Crippen molar-refractivity contribution in [1.29, 1.82) is 0 Å². The van der Waals surface area contributed by atoms with Crippen LogP contribution in [-0.4, -0.2) is 29.0 Å². The second-order valence-corrected chi connectivity index (χ2v) is 6.25. The molecule has 0 unspecified atom stereocenters. The quantitative estimate of drug-likeness (QED) is 0.720. The van der Waals surface area contributed by atoms with Crippen molar-refractivity contribution in [2.24, 2.45) is 5.92 Å². The van der Waals surface area contributed by atoms with E-state index < -0.39 is 0 Å². The minimum absolute atomic E-state index is 0.281. The average Bonchev–Trinajstić information content (AvgIpc) is 2.75. The molecular formula is C17H33N3O. The van der Waals surface area contributed by atoms with Crippen molar-refractivity contribution in [3.63, 3.8) is 0 Å². The van der Waals surface area contributed by atoms with Crippen LogP contribution < -0.4 is 5.32 Å². The average molecular weight is 295 g/mol. The highest BCUT2D eigenvalue weighted by molar-refractivity contribution is 5.26. The maximum Gasteiger partial charge on any atom is 0.0669 e. The number of hydrogen-bond acceptors (Lipinski definition) is 3. The number of ether oxygens (including phenoxy) is 1. The van der Waals surface area contributed by atoms with Crippen LogP contribution in [-0.2, 0) is 30.7 Å². The van der Waals surface area contributed by atoms with Crippen molar-refractivity contribution in [3.05, 3.63) is 17.0 Å². The fraction of sp³-hybridized carbons (Fsp3) is 0.824. The molecule has 1 heterocycles. The number of hydrogen-bond donors (Lipinski definition) is 1. The second kappa shape index (κ2) is 9.21. The molecule has 1 rings (SSSR count). The van der Waals surface area contributed by atoms with E-state index in [0.717, 1.165) is 39.1 Å². The Labute approximate surface area is 130 Å². The third kappa shape index (κ3) is 5.79. The lowest BCUT2D eigenvalue weighted by Crippen LogP contribution is -2.20. The van der Waals surface area contributed by atoms with E-state index in [4.69, 9.17) is 9.84 Å². The van der Waals surface area contributed by atoms with E-state index in [0.29, 0.717) is 5.92 Å². The van der Waals surface area contributed by atoms with Gasteiger partial charge in [-0.3, -0.25) is 4.68 Å². The zero-order valence-corrected chi connectivity index (χ0v) is 14.7. The van der Waals surface area contributed by atoms with E-state index in [1.165, 1.54) is 17.0 Å². The van der Waals surface area contributed by atoms with Gasteiger partial charge in [0.2, 0.25) is 0 Å². The Morgan fingerprint density at radius 1 is 1.14 bits per heavy atom. The predicted molar refractivity (Wildman–Crippen MR) is 88.6 cm³/mol. The number of aromatic nitrogens is 2. The summed E-state index contributed by atoms with van der Waals surface area (Å²) in [6, 6.07) is 0. The predicted octanol–water partition coefficient (Wildman–Crippen LogP) is 3.18. The van der Waals surface area contributed by atoms with Gasteiger partial charge in [-0.15, -0.1) is 0 Å². The van der Waals surface area contributed by atoms with Gasteiger partial charge in [0.1, 0.15) is 0 Å². The number of rotatable bonds is 10. The molecule has 0 aliphatic heterocycles. The van der Waals surface area contributed by atoms with Gasteiger partial charge in [-0.1, -0.05) is 27.7 Å². The molecule has 21 heavy (non-hydrogen) atoms. The number of nitrogens with zero attached hydrogens (tertiary/aromatic N) is 2. The molecule has 0 atom stereocenters. The van der Waals surface area contributed by atoms with Crippen molar-refractivity contribution in [2.75, 3.05) is 13.2 Å². The monoisotopic (exact) mass is 295 g/mol. The molecule has 4 nitrogen and oxygen atoms in total. The van der Waals surface area contributed by atoms with Crippen LogP contribution in [0, 0.1) is 5.92 Å². The van der Waals surface area contributed by atoms with Gasteiger partial charge >= 0.3 is 0 Å². The molecule has 0 aliphatic carbocycles. The Hall–Kier alpha value is -0.870. The second-order valence-electron chi connectivity index (χ2n) is 6.25. The lowest BCUT2D eigenvalue weighted by molar-refractivity contribution is 0.0705. The van der Waals surface area contributed by atoms with Gasteiger partial charge in [0.05, 0.1) is 24.9 Å². The van der Waals surface area contributed by atoms with Crippen LogP contribution in [0.5, 0.6) is 0 Å². The maximum atomic E-state index is 5.66. The molecule has 1 aromatic rings. The first kappa shape index (κ1) is 18.2. The van der Waals surface area contributed by atoms with Crippen molar-refractivity contribution >= 4 is 0 Å². The van der Waals surface area contributed by atoms with Crippen LogP contribution in [0.4, 0.5) is 0 Å². The SMILES string of the molecule is CCc1nn(CCOC(C)C)c(CC)c1CNCC(C)C. The zero-order valence-electron chi connectivity index (χ0n) is 14.7. The summed E-state index contributed by atoms with van der Waals surface area (Å²) in [7, 11) is 0. The van der Waals surface area contributed by atoms with Crippen LogP contribution in [0.15, 0.2) is 0 Å². The van der Waals surface area contributed by atoms with Gasteiger partial charge in [-0.2, -0.15) is 5.10 Å². The summed E-state index contributed by atoms with van der Waals surface area (Å²) in [6.45, 7) is 16.6. The highest BCUT2D eigenvalue weighted by Gasteiger charge is 2.15. The Balaban J connectivity index is 2.77. The summed E-state index contributed by atoms with van der Waals surface area (Å²) < 4.78 is 7.81. The third-order valence-electron chi connectivity index (χ3n) is 3.53. The van der Waals surface area contributed by atoms with Crippen LogP contribution in [0.3, 0.4) is 0 Å². The molecule has 1 N–H and O–H groups in total. The molecule has 0 fully saturated rings. The standard InChI is InChI=1S/C17H33N3O/c1-7-16-15(12-18-11-13(3)4)17(8-2)20(19-16)9-10-21-14(5)6/h13-14,18H,7-12H2,1-6H3. The molecule has 0 aromatic carbocycles. The fourth-order valence-corrected chi connectivity index (χ4v) is 2.52.